The van der Waals surface area contributed by atoms with Crippen LogP contribution in [-0.2, 0) is 0 Å². The predicted octanol–water partition coefficient (Wildman–Crippen LogP) is 5.68. The summed E-state index contributed by atoms with van der Waals surface area (Å²) in [7, 11) is 2.01. The first kappa shape index (κ1) is 27.2. The Morgan fingerprint density at radius 2 is 2.02 bits per heavy atom. The average molecular weight is 571 g/mol. The van der Waals surface area contributed by atoms with Gasteiger partial charge >= 0.3 is 0 Å². The maximum absolute atomic E-state index is 14.4. The first-order valence-corrected chi connectivity index (χ1v) is 14.3. The molecule has 1 aromatic carbocycles. The Hall–Kier alpha value is -4.02. The molecule has 210 valence electrons. The van der Waals surface area contributed by atoms with Crippen molar-refractivity contribution in [3.8, 4) is 5.75 Å². The number of ether oxygens (including phenoxy) is 1. The van der Waals surface area contributed by atoms with E-state index in [9.17, 15) is 9.18 Å². The largest absolute Gasteiger partial charge is 0.488 e. The van der Waals surface area contributed by atoms with E-state index >= 15 is 0 Å². The van der Waals surface area contributed by atoms with Crippen molar-refractivity contribution in [2.45, 2.75) is 24.7 Å². The highest BCUT2D eigenvalue weighted by Gasteiger charge is 2.49. The number of piperidine rings is 1. The van der Waals surface area contributed by atoms with Crippen LogP contribution in [0.3, 0.4) is 0 Å². The third-order valence-corrected chi connectivity index (χ3v) is 8.82. The summed E-state index contributed by atoms with van der Waals surface area (Å²) in [5.74, 6) is 1.23. The first-order valence-electron chi connectivity index (χ1n) is 13.6. The molecule has 8 nitrogen and oxygen atoms in total. The molecule has 2 aromatic heterocycles. The number of ketones is 1. The van der Waals surface area contributed by atoms with Gasteiger partial charge in [0.1, 0.15) is 18.1 Å². The van der Waals surface area contributed by atoms with Gasteiger partial charge in [-0.1, -0.05) is 5.57 Å². The molecule has 3 aromatic rings. The van der Waals surface area contributed by atoms with E-state index in [4.69, 9.17) is 10.1 Å². The molecule has 6 rings (SSSR count). The van der Waals surface area contributed by atoms with Crippen LogP contribution in [0.1, 0.15) is 28.9 Å². The molecule has 2 aliphatic heterocycles. The lowest BCUT2D eigenvalue weighted by atomic mass is 9.65. The number of carbonyl (C=O) groups is 1. The normalized spacial score (nSPS) is 20.5. The molecule has 2 N–H and O–H groups in total. The number of Topliss-reactive ketones (excluding diaryl/α,β-unsaturated/α-hetero) is 1. The standard InChI is InChI=1S/C31H31FN6O2S/c1-20-7-9-34-27(13-20)29(39)31-16-21(17-33)26(36-24-5-3-23(32)4-6-24)14-22(31)8-10-38(19-31)41-25-15-28-30(35-18-25)37(2)11-12-40-28/h3-7,9,13-15,17-18,33,36H,8,10-12,16,19H2,1-2H3. The number of fused-ring (bicyclic) bond motifs is 2. The topological polar surface area (TPSA) is 94.4 Å². The Kier molecular flexibility index (Phi) is 7.35. The SMILES string of the molecule is Cc1ccnc(C(=O)C23CC(C=N)=C(Nc4ccc(F)cc4)C=C2CCN(Sc2cnc4c(c2)OCCN4C)C3)c1. The molecule has 3 aliphatic rings. The molecule has 1 aliphatic carbocycles. The first-order chi connectivity index (χ1) is 19.8. The van der Waals surface area contributed by atoms with Crippen molar-refractivity contribution >= 4 is 35.5 Å². The zero-order valence-corrected chi connectivity index (χ0v) is 23.8. The minimum Gasteiger partial charge on any atom is -0.488 e. The van der Waals surface area contributed by atoms with Crippen LogP contribution in [0, 0.1) is 23.6 Å². The number of likely N-dealkylation sites (N-methyl/N-ethyl adjacent to an activating group) is 1. The zero-order valence-electron chi connectivity index (χ0n) is 23.0. The molecular formula is C31H31FN6O2S. The van der Waals surface area contributed by atoms with Crippen LogP contribution >= 0.6 is 11.9 Å². The van der Waals surface area contributed by atoms with E-state index < -0.39 is 5.41 Å². The van der Waals surface area contributed by atoms with Gasteiger partial charge in [-0.2, -0.15) is 0 Å². The van der Waals surface area contributed by atoms with Crippen molar-refractivity contribution in [3.63, 3.8) is 0 Å². The van der Waals surface area contributed by atoms with Gasteiger partial charge in [0, 0.05) is 61.1 Å². The molecule has 0 radical (unpaired) electrons. The highest BCUT2D eigenvalue weighted by Crippen LogP contribution is 2.49. The third-order valence-electron chi connectivity index (χ3n) is 7.82. The van der Waals surface area contributed by atoms with E-state index in [-0.39, 0.29) is 11.6 Å². The van der Waals surface area contributed by atoms with Crippen molar-refractivity contribution < 1.29 is 13.9 Å². The second kappa shape index (κ2) is 11.1. The van der Waals surface area contributed by atoms with Gasteiger partial charge in [-0.05, 0) is 85.3 Å². The molecule has 1 saturated heterocycles. The second-order valence-electron chi connectivity index (χ2n) is 10.7. The van der Waals surface area contributed by atoms with Gasteiger partial charge in [0.05, 0.1) is 12.0 Å². The molecule has 4 heterocycles. The number of hydrogen-bond acceptors (Lipinski definition) is 9. The zero-order chi connectivity index (χ0) is 28.6. The van der Waals surface area contributed by atoms with E-state index in [0.29, 0.717) is 37.3 Å². The van der Waals surface area contributed by atoms with E-state index in [2.05, 4.69) is 24.5 Å². The number of allylic oxidation sites excluding steroid dienone is 2. The maximum Gasteiger partial charge on any atom is 0.193 e. The molecule has 1 unspecified atom stereocenters. The fourth-order valence-electron chi connectivity index (χ4n) is 5.66. The molecule has 0 saturated carbocycles. The van der Waals surface area contributed by atoms with Crippen LogP contribution < -0.4 is 15.0 Å². The van der Waals surface area contributed by atoms with Gasteiger partial charge in [0.15, 0.2) is 17.4 Å². The Morgan fingerprint density at radius 1 is 1.20 bits per heavy atom. The molecule has 1 atom stereocenters. The van der Waals surface area contributed by atoms with Crippen LogP contribution in [0.25, 0.3) is 0 Å². The number of carbonyl (C=O) groups excluding carboxylic acids is 1. The molecule has 0 spiro atoms. The summed E-state index contributed by atoms with van der Waals surface area (Å²) in [4.78, 5) is 26.5. The molecule has 41 heavy (non-hydrogen) atoms. The number of anilines is 2. The van der Waals surface area contributed by atoms with E-state index in [1.165, 1.54) is 18.3 Å². The molecule has 1 fully saturated rings. The van der Waals surface area contributed by atoms with Gasteiger partial charge in [-0.3, -0.25) is 9.78 Å². The highest BCUT2D eigenvalue weighted by atomic mass is 32.2. The quantitative estimate of drug-likeness (QED) is 0.213. The minimum absolute atomic E-state index is 0.0496. The number of nitrogens with one attached hydrogen (secondary N) is 2. The van der Waals surface area contributed by atoms with Gasteiger partial charge in [0.2, 0.25) is 0 Å². The predicted molar refractivity (Wildman–Crippen MR) is 159 cm³/mol. The van der Waals surface area contributed by atoms with E-state index in [0.717, 1.165) is 52.1 Å². The van der Waals surface area contributed by atoms with Crippen LogP contribution in [0.4, 0.5) is 15.9 Å². The maximum atomic E-state index is 14.4. The highest BCUT2D eigenvalue weighted by molar-refractivity contribution is 7.97. The van der Waals surface area contributed by atoms with Crippen LogP contribution in [0.5, 0.6) is 5.75 Å². The van der Waals surface area contributed by atoms with Crippen LogP contribution in [-0.4, -0.2) is 59.6 Å². The molecule has 10 heteroatoms. The van der Waals surface area contributed by atoms with Gasteiger partial charge in [-0.15, -0.1) is 0 Å². The Bertz CT molecular complexity index is 1570. The summed E-state index contributed by atoms with van der Waals surface area (Å²) in [6.45, 7) is 4.55. The molecule has 0 bridgehead atoms. The number of nitrogens with zero attached hydrogens (tertiary/aromatic N) is 4. The number of rotatable bonds is 7. The summed E-state index contributed by atoms with van der Waals surface area (Å²) in [5.41, 5.74) is 3.69. The number of halogens is 1. The molecular weight excluding hydrogens is 539 g/mol. The molecule has 0 amide bonds. The Balaban J connectivity index is 1.33. The van der Waals surface area contributed by atoms with Gasteiger partial charge < -0.3 is 20.4 Å². The fourth-order valence-corrected chi connectivity index (χ4v) is 6.68. The lowest BCUT2D eigenvalue weighted by molar-refractivity contribution is 0.0775. The third kappa shape index (κ3) is 5.37. The summed E-state index contributed by atoms with van der Waals surface area (Å²) >= 11 is 1.57. The van der Waals surface area contributed by atoms with Crippen molar-refractivity contribution in [1.82, 2.24) is 14.3 Å². The van der Waals surface area contributed by atoms with Gasteiger partial charge in [0.25, 0.3) is 0 Å². The second-order valence-corrected chi connectivity index (χ2v) is 11.8. The van der Waals surface area contributed by atoms with Gasteiger partial charge in [-0.25, -0.2) is 13.7 Å². The number of hydrogen-bond donors (Lipinski definition) is 2. The van der Waals surface area contributed by atoms with Crippen molar-refractivity contribution in [3.05, 3.63) is 94.9 Å². The van der Waals surface area contributed by atoms with E-state index in [1.54, 1.807) is 30.3 Å². The van der Waals surface area contributed by atoms with Crippen LogP contribution in [0.15, 0.2) is 82.7 Å². The van der Waals surface area contributed by atoms with Crippen LogP contribution in [0.2, 0.25) is 0 Å². The lowest BCUT2D eigenvalue weighted by Crippen LogP contribution is -2.49. The number of benzene rings is 1. The summed E-state index contributed by atoms with van der Waals surface area (Å²) in [6, 6.07) is 11.9. The summed E-state index contributed by atoms with van der Waals surface area (Å²) in [5, 5.41) is 11.6. The van der Waals surface area contributed by atoms with Crippen molar-refractivity contribution in [2.24, 2.45) is 5.41 Å². The van der Waals surface area contributed by atoms with E-state index in [1.807, 2.05) is 44.4 Å². The Labute approximate surface area is 243 Å². The van der Waals surface area contributed by atoms with Crippen molar-refractivity contribution in [2.75, 3.05) is 43.5 Å². The number of aromatic nitrogens is 2. The summed E-state index contributed by atoms with van der Waals surface area (Å²) in [6.07, 6.45) is 7.87. The number of aryl methyl sites for hydroxylation is 1. The fraction of sp³-hybridized carbons (Fsp3) is 0.290. The minimum atomic E-state index is -0.884. The average Bonchev–Trinajstić information content (AvgIpc) is 2.98. The monoisotopic (exact) mass is 570 g/mol. The van der Waals surface area contributed by atoms with Crippen molar-refractivity contribution in [1.29, 1.82) is 5.41 Å². The Morgan fingerprint density at radius 3 is 2.80 bits per heavy atom. The number of pyridine rings is 2. The smallest absolute Gasteiger partial charge is 0.193 e. The lowest BCUT2D eigenvalue weighted by Gasteiger charge is -2.45. The summed E-state index contributed by atoms with van der Waals surface area (Å²) < 4.78 is 21.6.